The number of benzene rings is 1. The Kier molecular flexibility index (Phi) is 6.74. The minimum atomic E-state index is -3.63. The van der Waals surface area contributed by atoms with Gasteiger partial charge in [-0.25, -0.2) is 8.42 Å². The predicted octanol–water partition coefficient (Wildman–Crippen LogP) is 2.95. The highest BCUT2D eigenvalue weighted by molar-refractivity contribution is 7.98. The first kappa shape index (κ1) is 19.4. The maximum absolute atomic E-state index is 12.8. The van der Waals surface area contributed by atoms with Crippen molar-refractivity contribution in [3.63, 3.8) is 0 Å². The lowest BCUT2D eigenvalue weighted by atomic mass is 10.2. The van der Waals surface area contributed by atoms with E-state index in [9.17, 15) is 13.2 Å². The van der Waals surface area contributed by atoms with Crippen LogP contribution in [0.4, 0.5) is 0 Å². The standard InChI is InChI=1S/C18H22N2O3S3/c21-18(19-9-12-25-14-15-8-11-24-13-15)17-7-4-10-20(17)26(22,23)16-5-2-1-3-6-16/h1-3,5-6,8,11,13,17H,4,7,9-10,12,14H2,(H,19,21). The van der Waals surface area contributed by atoms with E-state index in [4.69, 9.17) is 0 Å². The van der Waals surface area contributed by atoms with Gasteiger partial charge in [-0.2, -0.15) is 27.4 Å². The van der Waals surface area contributed by atoms with E-state index in [1.165, 1.54) is 9.87 Å². The number of hydrogen-bond donors (Lipinski definition) is 1. The molecule has 1 aliphatic heterocycles. The Balaban J connectivity index is 1.52. The summed E-state index contributed by atoms with van der Waals surface area (Å²) in [5, 5.41) is 7.07. The predicted molar refractivity (Wildman–Crippen MR) is 107 cm³/mol. The molecule has 0 bridgehead atoms. The zero-order valence-electron chi connectivity index (χ0n) is 14.3. The molecule has 5 nitrogen and oxygen atoms in total. The van der Waals surface area contributed by atoms with Crippen molar-refractivity contribution in [2.75, 3.05) is 18.8 Å². The number of carbonyl (C=O) groups is 1. The zero-order valence-corrected chi connectivity index (χ0v) is 16.8. The van der Waals surface area contributed by atoms with E-state index in [1.807, 2.05) is 0 Å². The van der Waals surface area contributed by atoms with Gasteiger partial charge in [-0.3, -0.25) is 4.79 Å². The molecule has 2 heterocycles. The van der Waals surface area contributed by atoms with Crippen molar-refractivity contribution < 1.29 is 13.2 Å². The maximum atomic E-state index is 12.8. The van der Waals surface area contributed by atoms with Crippen LogP contribution >= 0.6 is 23.1 Å². The highest BCUT2D eigenvalue weighted by Gasteiger charge is 2.39. The molecule has 0 radical (unpaired) electrons. The van der Waals surface area contributed by atoms with Crippen molar-refractivity contribution in [1.29, 1.82) is 0 Å². The molecule has 1 fully saturated rings. The summed E-state index contributed by atoms with van der Waals surface area (Å²) < 4.78 is 26.9. The summed E-state index contributed by atoms with van der Waals surface area (Å²) in [6.07, 6.45) is 1.27. The molecule has 0 spiro atoms. The van der Waals surface area contributed by atoms with Crippen LogP contribution < -0.4 is 5.32 Å². The second kappa shape index (κ2) is 9.03. The maximum Gasteiger partial charge on any atom is 0.243 e. The molecule has 1 amide bonds. The van der Waals surface area contributed by atoms with Crippen LogP contribution in [0.2, 0.25) is 0 Å². The highest BCUT2D eigenvalue weighted by Crippen LogP contribution is 2.26. The lowest BCUT2D eigenvalue weighted by Gasteiger charge is -2.23. The Morgan fingerprint density at radius 1 is 1.27 bits per heavy atom. The molecule has 1 unspecified atom stereocenters. The Morgan fingerprint density at radius 3 is 2.81 bits per heavy atom. The molecule has 2 aromatic rings. The van der Waals surface area contributed by atoms with Gasteiger partial charge in [-0.15, -0.1) is 0 Å². The molecule has 1 aliphatic rings. The van der Waals surface area contributed by atoms with Gasteiger partial charge in [-0.05, 0) is 47.4 Å². The number of hydrogen-bond acceptors (Lipinski definition) is 5. The Labute approximate surface area is 162 Å². The molecule has 8 heteroatoms. The van der Waals surface area contributed by atoms with Crippen LogP contribution in [0.5, 0.6) is 0 Å². The van der Waals surface area contributed by atoms with Crippen LogP contribution in [0.15, 0.2) is 52.1 Å². The van der Waals surface area contributed by atoms with E-state index >= 15 is 0 Å². The molecular formula is C18H22N2O3S3. The summed E-state index contributed by atoms with van der Waals surface area (Å²) in [6, 6.07) is 9.81. The molecule has 1 atom stereocenters. The number of amides is 1. The fourth-order valence-corrected chi connectivity index (χ4v) is 6.20. The first-order valence-corrected chi connectivity index (χ1v) is 12.1. The fourth-order valence-electron chi connectivity index (χ4n) is 2.95. The first-order valence-electron chi connectivity index (χ1n) is 8.52. The molecular weight excluding hydrogens is 388 g/mol. The van der Waals surface area contributed by atoms with Crippen LogP contribution in [-0.4, -0.2) is 43.5 Å². The first-order chi connectivity index (χ1) is 12.6. The molecule has 1 N–H and O–H groups in total. The smallest absolute Gasteiger partial charge is 0.243 e. The largest absolute Gasteiger partial charge is 0.354 e. The van der Waals surface area contributed by atoms with Crippen LogP contribution in [0, 0.1) is 0 Å². The number of carbonyl (C=O) groups excluding carboxylic acids is 1. The van der Waals surface area contributed by atoms with Crippen LogP contribution in [-0.2, 0) is 20.6 Å². The van der Waals surface area contributed by atoms with E-state index < -0.39 is 16.1 Å². The number of thiophene rings is 1. The summed E-state index contributed by atoms with van der Waals surface area (Å²) in [6.45, 7) is 0.936. The fraction of sp³-hybridized carbons (Fsp3) is 0.389. The van der Waals surface area contributed by atoms with E-state index in [1.54, 1.807) is 53.4 Å². The summed E-state index contributed by atoms with van der Waals surface area (Å²) in [5.74, 6) is 1.54. The quantitative estimate of drug-likeness (QED) is 0.680. The normalized spacial score (nSPS) is 18.1. The molecule has 0 saturated carbocycles. The van der Waals surface area contributed by atoms with Gasteiger partial charge >= 0.3 is 0 Å². The van der Waals surface area contributed by atoms with Crippen LogP contribution in [0.3, 0.4) is 0 Å². The van der Waals surface area contributed by atoms with Gasteiger partial charge in [0.15, 0.2) is 0 Å². The van der Waals surface area contributed by atoms with Crippen molar-refractivity contribution in [2.24, 2.45) is 0 Å². The van der Waals surface area contributed by atoms with Gasteiger partial charge in [0.25, 0.3) is 0 Å². The Bertz CT molecular complexity index is 807. The van der Waals surface area contributed by atoms with Crippen molar-refractivity contribution in [1.82, 2.24) is 9.62 Å². The third-order valence-corrected chi connectivity index (χ3v) is 7.94. The molecule has 3 rings (SSSR count). The molecule has 1 aromatic carbocycles. The molecule has 1 aromatic heterocycles. The third-order valence-electron chi connectivity index (χ3n) is 4.25. The Hall–Kier alpha value is -1.35. The summed E-state index contributed by atoms with van der Waals surface area (Å²) in [5.41, 5.74) is 1.29. The van der Waals surface area contributed by atoms with E-state index in [-0.39, 0.29) is 10.8 Å². The third kappa shape index (κ3) is 4.68. The second-order valence-electron chi connectivity index (χ2n) is 6.06. The molecule has 26 heavy (non-hydrogen) atoms. The average molecular weight is 411 g/mol. The van der Waals surface area contributed by atoms with Crippen molar-refractivity contribution in [3.8, 4) is 0 Å². The lowest BCUT2D eigenvalue weighted by Crippen LogP contribution is -2.46. The summed E-state index contributed by atoms with van der Waals surface area (Å²) in [4.78, 5) is 12.7. The topological polar surface area (TPSA) is 66.5 Å². The number of nitrogens with zero attached hydrogens (tertiary/aromatic N) is 1. The number of nitrogens with one attached hydrogen (secondary N) is 1. The number of thioether (sulfide) groups is 1. The lowest BCUT2D eigenvalue weighted by molar-refractivity contribution is -0.124. The minimum Gasteiger partial charge on any atom is -0.354 e. The molecule has 1 saturated heterocycles. The van der Waals surface area contributed by atoms with Crippen molar-refractivity contribution >= 4 is 39.0 Å². The SMILES string of the molecule is O=C(NCCSCc1ccsc1)C1CCCN1S(=O)(=O)c1ccccc1. The summed E-state index contributed by atoms with van der Waals surface area (Å²) >= 11 is 3.44. The van der Waals surface area contributed by atoms with Crippen molar-refractivity contribution in [3.05, 3.63) is 52.7 Å². The summed E-state index contributed by atoms with van der Waals surface area (Å²) in [7, 11) is -3.63. The van der Waals surface area contributed by atoms with Gasteiger partial charge in [0.1, 0.15) is 6.04 Å². The Morgan fingerprint density at radius 2 is 2.08 bits per heavy atom. The number of sulfonamides is 1. The van der Waals surface area contributed by atoms with Crippen LogP contribution in [0.1, 0.15) is 18.4 Å². The van der Waals surface area contributed by atoms with Gasteiger partial charge in [-0.1, -0.05) is 18.2 Å². The highest BCUT2D eigenvalue weighted by atomic mass is 32.2. The van der Waals surface area contributed by atoms with Gasteiger partial charge in [0.05, 0.1) is 4.90 Å². The monoisotopic (exact) mass is 410 g/mol. The van der Waals surface area contributed by atoms with E-state index in [2.05, 4.69) is 22.1 Å². The van der Waals surface area contributed by atoms with Gasteiger partial charge in [0, 0.05) is 24.6 Å². The molecule has 0 aliphatic carbocycles. The second-order valence-corrected chi connectivity index (χ2v) is 9.84. The molecule has 140 valence electrons. The van der Waals surface area contributed by atoms with Gasteiger partial charge < -0.3 is 5.32 Å². The average Bonchev–Trinajstić information content (AvgIpc) is 3.34. The minimum absolute atomic E-state index is 0.196. The van der Waals surface area contributed by atoms with E-state index in [0.29, 0.717) is 25.9 Å². The van der Waals surface area contributed by atoms with E-state index in [0.717, 1.165) is 11.5 Å². The van der Waals surface area contributed by atoms with Crippen molar-refractivity contribution in [2.45, 2.75) is 29.5 Å². The van der Waals surface area contributed by atoms with Gasteiger partial charge in [0.2, 0.25) is 15.9 Å². The zero-order chi connectivity index (χ0) is 18.4. The van der Waals surface area contributed by atoms with Crippen LogP contribution in [0.25, 0.3) is 0 Å². The number of rotatable bonds is 8.